The third-order valence-corrected chi connectivity index (χ3v) is 5.35. The number of hydrogen-bond donors (Lipinski definition) is 1. The summed E-state index contributed by atoms with van der Waals surface area (Å²) >= 11 is 0. The third-order valence-electron chi connectivity index (χ3n) is 5.35. The van der Waals surface area contributed by atoms with Crippen LogP contribution in [-0.2, 0) is 42.2 Å². The van der Waals surface area contributed by atoms with Crippen molar-refractivity contribution in [2.45, 2.75) is 52.9 Å². The van der Waals surface area contributed by atoms with Crippen molar-refractivity contribution in [2.24, 2.45) is 0 Å². The number of amides is 2. The molecule has 0 unspecified atom stereocenters. The van der Waals surface area contributed by atoms with E-state index < -0.39 is 0 Å². The molecule has 1 aliphatic rings. The molecule has 1 N–H and O–H groups in total. The quantitative estimate of drug-likeness (QED) is 0.637. The van der Waals surface area contributed by atoms with Gasteiger partial charge in [-0.3, -0.25) is 9.59 Å². The molecule has 0 bridgehead atoms. The van der Waals surface area contributed by atoms with Crippen molar-refractivity contribution in [3.05, 3.63) is 64.3 Å². The molecule has 2 amide bonds. The van der Waals surface area contributed by atoms with Crippen molar-refractivity contribution in [1.82, 2.24) is 30.4 Å². The molecule has 3 aromatic rings. The Balaban J connectivity index is 1.35. The molecular formula is C21H24N6O3. The lowest BCUT2D eigenvalue weighted by molar-refractivity contribution is -0.135. The predicted octanol–water partition coefficient (Wildman–Crippen LogP) is 1.67. The molecule has 0 aliphatic carbocycles. The van der Waals surface area contributed by atoms with Crippen molar-refractivity contribution in [2.75, 3.05) is 0 Å². The van der Waals surface area contributed by atoms with Crippen LogP contribution >= 0.6 is 0 Å². The fourth-order valence-corrected chi connectivity index (χ4v) is 3.62. The Hall–Kier alpha value is -3.49. The molecule has 1 aliphatic heterocycles. The maximum Gasteiger partial charge on any atom is 0.245 e. The van der Waals surface area contributed by atoms with Crippen molar-refractivity contribution >= 4 is 11.8 Å². The Morgan fingerprint density at radius 2 is 2.00 bits per heavy atom. The van der Waals surface area contributed by atoms with Crippen molar-refractivity contribution in [1.29, 1.82) is 0 Å². The summed E-state index contributed by atoms with van der Waals surface area (Å²) in [4.78, 5) is 26.5. The molecule has 1 aromatic carbocycles. The number of nitrogens with one attached hydrogen (secondary N) is 1. The van der Waals surface area contributed by atoms with Gasteiger partial charge in [0.25, 0.3) is 0 Å². The van der Waals surface area contributed by atoms with Gasteiger partial charge in [-0.25, -0.2) is 4.68 Å². The fourth-order valence-electron chi connectivity index (χ4n) is 3.62. The van der Waals surface area contributed by atoms with Crippen LogP contribution < -0.4 is 5.32 Å². The molecule has 156 valence electrons. The highest BCUT2D eigenvalue weighted by Gasteiger charge is 2.27. The van der Waals surface area contributed by atoms with Gasteiger partial charge in [-0.15, -0.1) is 5.10 Å². The van der Waals surface area contributed by atoms with Gasteiger partial charge >= 0.3 is 0 Å². The van der Waals surface area contributed by atoms with Crippen LogP contribution in [0.4, 0.5) is 0 Å². The number of carbonyl (C=O) groups is 2. The highest BCUT2D eigenvalue weighted by atomic mass is 16.5. The largest absolute Gasteiger partial charge is 0.361 e. The molecule has 0 saturated heterocycles. The summed E-state index contributed by atoms with van der Waals surface area (Å²) in [5.41, 5.74) is 4.40. The number of carbonyl (C=O) groups excluding carboxylic acids is 2. The zero-order valence-corrected chi connectivity index (χ0v) is 17.1. The molecule has 0 atom stereocenters. The number of hydrogen-bond acceptors (Lipinski definition) is 6. The van der Waals surface area contributed by atoms with Gasteiger partial charge in [0, 0.05) is 18.5 Å². The van der Waals surface area contributed by atoms with Crippen LogP contribution in [0.5, 0.6) is 0 Å². The standard InChI is InChI=1S/C21H24N6O3/c1-14-17(15(2)30-24-14)8-9-20(28)22-10-18-19-12-26(11-16-6-4-3-5-7-16)21(29)13-27(19)25-23-18/h3-7H,8-13H2,1-2H3,(H,22,28). The first kappa shape index (κ1) is 19.8. The molecule has 9 nitrogen and oxygen atoms in total. The van der Waals surface area contributed by atoms with Gasteiger partial charge < -0.3 is 14.7 Å². The number of aromatic nitrogens is 4. The van der Waals surface area contributed by atoms with E-state index >= 15 is 0 Å². The predicted molar refractivity (Wildman–Crippen MR) is 107 cm³/mol. The zero-order chi connectivity index (χ0) is 21.1. The molecule has 0 saturated carbocycles. The number of benzene rings is 1. The molecule has 3 heterocycles. The average Bonchev–Trinajstić information content (AvgIpc) is 3.28. The minimum absolute atomic E-state index is 0.00583. The second kappa shape index (κ2) is 8.48. The van der Waals surface area contributed by atoms with Gasteiger partial charge in [0.15, 0.2) is 0 Å². The normalized spacial score (nSPS) is 13.4. The van der Waals surface area contributed by atoms with Crippen LogP contribution in [0.15, 0.2) is 34.9 Å². The van der Waals surface area contributed by atoms with Gasteiger partial charge in [0.1, 0.15) is 18.0 Å². The number of aryl methyl sites for hydroxylation is 2. The van der Waals surface area contributed by atoms with E-state index in [2.05, 4.69) is 20.8 Å². The highest BCUT2D eigenvalue weighted by Crippen LogP contribution is 2.18. The Morgan fingerprint density at radius 3 is 2.73 bits per heavy atom. The Kier molecular flexibility index (Phi) is 5.60. The van der Waals surface area contributed by atoms with E-state index in [1.165, 1.54) is 0 Å². The van der Waals surface area contributed by atoms with E-state index in [0.717, 1.165) is 28.3 Å². The highest BCUT2D eigenvalue weighted by molar-refractivity contribution is 5.77. The topological polar surface area (TPSA) is 106 Å². The average molecular weight is 408 g/mol. The Labute approximate surface area is 174 Å². The first-order valence-corrected chi connectivity index (χ1v) is 9.92. The Morgan fingerprint density at radius 1 is 1.20 bits per heavy atom. The lowest BCUT2D eigenvalue weighted by atomic mass is 10.1. The number of rotatable bonds is 7. The Bertz CT molecular complexity index is 1040. The number of nitrogens with zero attached hydrogens (tertiary/aromatic N) is 5. The van der Waals surface area contributed by atoms with E-state index in [9.17, 15) is 9.59 Å². The summed E-state index contributed by atoms with van der Waals surface area (Å²) < 4.78 is 6.76. The van der Waals surface area contributed by atoms with Crippen LogP contribution in [0.3, 0.4) is 0 Å². The molecule has 2 aromatic heterocycles. The SMILES string of the molecule is Cc1noc(C)c1CCC(=O)NCc1nnn2c1CN(Cc1ccccc1)C(=O)C2. The maximum absolute atomic E-state index is 12.4. The summed E-state index contributed by atoms with van der Waals surface area (Å²) in [6, 6.07) is 9.86. The fraction of sp³-hybridized carbons (Fsp3) is 0.381. The van der Waals surface area contributed by atoms with Crippen molar-refractivity contribution in [3.8, 4) is 0 Å². The van der Waals surface area contributed by atoms with Crippen LogP contribution in [0, 0.1) is 13.8 Å². The monoisotopic (exact) mass is 408 g/mol. The molecule has 9 heteroatoms. The van der Waals surface area contributed by atoms with E-state index in [0.29, 0.717) is 31.6 Å². The third kappa shape index (κ3) is 4.24. The van der Waals surface area contributed by atoms with Crippen LogP contribution in [0.25, 0.3) is 0 Å². The van der Waals surface area contributed by atoms with E-state index in [1.54, 1.807) is 9.58 Å². The molecule has 0 spiro atoms. The molecule has 30 heavy (non-hydrogen) atoms. The minimum Gasteiger partial charge on any atom is -0.361 e. The maximum atomic E-state index is 12.4. The van der Waals surface area contributed by atoms with E-state index in [-0.39, 0.29) is 24.9 Å². The summed E-state index contributed by atoms with van der Waals surface area (Å²) in [7, 11) is 0. The zero-order valence-electron chi connectivity index (χ0n) is 17.1. The lowest BCUT2D eigenvalue weighted by Gasteiger charge is -2.27. The summed E-state index contributed by atoms with van der Waals surface area (Å²) in [5, 5.41) is 15.1. The smallest absolute Gasteiger partial charge is 0.245 e. The van der Waals surface area contributed by atoms with Gasteiger partial charge in [-0.2, -0.15) is 0 Å². The lowest BCUT2D eigenvalue weighted by Crippen LogP contribution is -2.39. The summed E-state index contributed by atoms with van der Waals surface area (Å²) in [5.74, 6) is 0.673. The van der Waals surface area contributed by atoms with Gasteiger partial charge in [-0.05, 0) is 25.8 Å². The van der Waals surface area contributed by atoms with Crippen LogP contribution in [-0.4, -0.2) is 36.9 Å². The van der Waals surface area contributed by atoms with Crippen molar-refractivity contribution < 1.29 is 14.1 Å². The van der Waals surface area contributed by atoms with E-state index in [4.69, 9.17) is 4.52 Å². The molecular weight excluding hydrogens is 384 g/mol. The second-order valence-electron chi connectivity index (χ2n) is 7.46. The van der Waals surface area contributed by atoms with Crippen LogP contribution in [0.1, 0.15) is 40.4 Å². The summed E-state index contributed by atoms with van der Waals surface area (Å²) in [6.07, 6.45) is 0.914. The molecule has 0 radical (unpaired) electrons. The van der Waals surface area contributed by atoms with Crippen LogP contribution in [0.2, 0.25) is 0 Å². The first-order valence-electron chi connectivity index (χ1n) is 9.92. The summed E-state index contributed by atoms with van der Waals surface area (Å²) in [6.45, 7) is 5.12. The molecule has 4 rings (SSSR count). The molecule has 0 fully saturated rings. The minimum atomic E-state index is -0.0789. The van der Waals surface area contributed by atoms with Crippen molar-refractivity contribution in [3.63, 3.8) is 0 Å². The first-order chi connectivity index (χ1) is 14.5. The van der Waals surface area contributed by atoms with Gasteiger partial charge in [0.2, 0.25) is 11.8 Å². The second-order valence-corrected chi connectivity index (χ2v) is 7.46. The van der Waals surface area contributed by atoms with Gasteiger partial charge in [0.05, 0.1) is 24.5 Å². The van der Waals surface area contributed by atoms with E-state index in [1.807, 2.05) is 44.2 Å². The van der Waals surface area contributed by atoms with Gasteiger partial charge in [-0.1, -0.05) is 40.7 Å². The number of fused-ring (bicyclic) bond motifs is 1.